The summed E-state index contributed by atoms with van der Waals surface area (Å²) in [5, 5.41) is 0. The van der Waals surface area contributed by atoms with Crippen molar-refractivity contribution in [3.05, 3.63) is 53.3 Å². The van der Waals surface area contributed by atoms with Gasteiger partial charge in [0.1, 0.15) is 34.2 Å². The molecule has 2 heterocycles. The number of rotatable bonds is 3. The molecule has 1 spiro atoms. The third-order valence-corrected chi connectivity index (χ3v) is 5.64. The van der Waals surface area contributed by atoms with Crippen molar-refractivity contribution < 1.29 is 28.2 Å². The zero-order chi connectivity index (χ0) is 20.6. The fourth-order valence-electron chi connectivity index (χ4n) is 4.02. The minimum atomic E-state index is -0.652. The van der Waals surface area contributed by atoms with Crippen LogP contribution in [-0.4, -0.2) is 49.5 Å². The zero-order valence-electron chi connectivity index (χ0n) is 16.4. The van der Waals surface area contributed by atoms with Crippen molar-refractivity contribution in [1.82, 2.24) is 4.90 Å². The summed E-state index contributed by atoms with van der Waals surface area (Å²) in [5.41, 5.74) is 0.229. The lowest BCUT2D eigenvalue weighted by Gasteiger charge is -2.44. The molecule has 7 heteroatoms. The van der Waals surface area contributed by atoms with Gasteiger partial charge in [0, 0.05) is 43.6 Å². The van der Waals surface area contributed by atoms with Gasteiger partial charge in [-0.3, -0.25) is 9.59 Å². The molecular weight excluding hydrogens is 377 g/mol. The second kappa shape index (κ2) is 7.39. The number of carbonyl (C=O) groups is 2. The molecule has 4 rings (SSSR count). The minimum Gasteiger partial charge on any atom is -0.496 e. The first-order chi connectivity index (χ1) is 13.9. The van der Waals surface area contributed by atoms with Crippen LogP contribution in [0.5, 0.6) is 17.2 Å². The number of ether oxygens (including phenoxy) is 3. The lowest BCUT2D eigenvalue weighted by molar-refractivity contribution is -0.00610. The van der Waals surface area contributed by atoms with Gasteiger partial charge in [0.2, 0.25) is 0 Å². The summed E-state index contributed by atoms with van der Waals surface area (Å²) >= 11 is 0. The molecule has 0 radical (unpaired) electrons. The fourth-order valence-corrected chi connectivity index (χ4v) is 4.02. The van der Waals surface area contributed by atoms with E-state index in [0.29, 0.717) is 54.3 Å². The molecular formula is C22H22FNO5. The second-order valence-corrected chi connectivity index (χ2v) is 7.39. The van der Waals surface area contributed by atoms with Crippen molar-refractivity contribution in [2.45, 2.75) is 24.9 Å². The van der Waals surface area contributed by atoms with Gasteiger partial charge in [-0.2, -0.15) is 0 Å². The van der Waals surface area contributed by atoms with Gasteiger partial charge in [0.05, 0.1) is 20.6 Å². The Balaban J connectivity index is 1.52. The first-order valence-corrected chi connectivity index (χ1v) is 9.48. The number of amides is 1. The summed E-state index contributed by atoms with van der Waals surface area (Å²) in [4.78, 5) is 27.3. The molecule has 2 aromatic rings. The molecule has 1 fully saturated rings. The molecule has 0 bridgehead atoms. The van der Waals surface area contributed by atoms with Gasteiger partial charge < -0.3 is 19.1 Å². The number of benzene rings is 2. The first kappa shape index (κ1) is 19.2. The molecule has 1 saturated heterocycles. The molecule has 2 aromatic carbocycles. The third kappa shape index (κ3) is 3.52. The molecule has 6 nitrogen and oxygen atoms in total. The highest BCUT2D eigenvalue weighted by Crippen LogP contribution is 2.44. The highest BCUT2D eigenvalue weighted by molar-refractivity contribution is 6.03. The predicted octanol–water partition coefficient (Wildman–Crippen LogP) is 3.48. The van der Waals surface area contributed by atoms with Crippen LogP contribution in [0.25, 0.3) is 0 Å². The summed E-state index contributed by atoms with van der Waals surface area (Å²) in [6.07, 6.45) is 1.30. The van der Waals surface area contributed by atoms with Crippen molar-refractivity contribution in [3.63, 3.8) is 0 Å². The molecule has 0 aliphatic carbocycles. The molecule has 0 atom stereocenters. The first-order valence-electron chi connectivity index (χ1n) is 9.48. The van der Waals surface area contributed by atoms with Crippen LogP contribution in [0, 0.1) is 5.82 Å². The summed E-state index contributed by atoms with van der Waals surface area (Å²) in [6.45, 7) is 0.917. The largest absolute Gasteiger partial charge is 0.496 e. The molecule has 152 valence electrons. The molecule has 2 aliphatic rings. The van der Waals surface area contributed by atoms with Gasteiger partial charge in [-0.25, -0.2) is 4.39 Å². The molecule has 0 aromatic heterocycles. The van der Waals surface area contributed by atoms with E-state index < -0.39 is 5.60 Å². The van der Waals surface area contributed by atoms with E-state index in [1.807, 2.05) is 0 Å². The number of halogens is 1. The Morgan fingerprint density at radius 1 is 1.10 bits per heavy atom. The van der Waals surface area contributed by atoms with E-state index in [4.69, 9.17) is 14.2 Å². The average Bonchev–Trinajstić information content (AvgIpc) is 2.73. The minimum absolute atomic E-state index is 0.0379. The van der Waals surface area contributed by atoms with Crippen LogP contribution in [0.1, 0.15) is 40.0 Å². The van der Waals surface area contributed by atoms with Gasteiger partial charge >= 0.3 is 0 Å². The Bertz CT molecular complexity index is 948. The number of fused-ring (bicyclic) bond motifs is 1. The van der Waals surface area contributed by atoms with Gasteiger partial charge in [0.15, 0.2) is 5.78 Å². The molecule has 0 N–H and O–H groups in total. The molecule has 29 heavy (non-hydrogen) atoms. The Labute approximate surface area is 168 Å². The maximum absolute atomic E-state index is 13.1. The predicted molar refractivity (Wildman–Crippen MR) is 103 cm³/mol. The highest BCUT2D eigenvalue weighted by Gasteiger charge is 2.45. The monoisotopic (exact) mass is 399 g/mol. The van der Waals surface area contributed by atoms with E-state index in [1.165, 1.54) is 31.4 Å². The van der Waals surface area contributed by atoms with Gasteiger partial charge in [0.25, 0.3) is 5.91 Å². The second-order valence-electron chi connectivity index (χ2n) is 7.39. The smallest absolute Gasteiger partial charge is 0.253 e. The van der Waals surface area contributed by atoms with Crippen molar-refractivity contribution >= 4 is 11.7 Å². The molecule has 0 saturated carbocycles. The normalized spacial score (nSPS) is 17.5. The van der Waals surface area contributed by atoms with Gasteiger partial charge in [-0.15, -0.1) is 0 Å². The SMILES string of the molecule is COc1cc(OC)c2c(c1)OC1(CCN(C(=O)c3ccc(F)cc3)CC1)CC2=O. The number of hydrogen-bond donors (Lipinski definition) is 0. The van der Waals surface area contributed by atoms with Crippen molar-refractivity contribution in [2.75, 3.05) is 27.3 Å². The maximum Gasteiger partial charge on any atom is 0.253 e. The number of nitrogens with zero attached hydrogens (tertiary/aromatic N) is 1. The van der Waals surface area contributed by atoms with Gasteiger partial charge in [-0.1, -0.05) is 0 Å². The number of likely N-dealkylation sites (tertiary alicyclic amines) is 1. The Kier molecular flexibility index (Phi) is 4.90. The van der Waals surface area contributed by atoms with E-state index in [1.54, 1.807) is 24.1 Å². The van der Waals surface area contributed by atoms with Crippen molar-refractivity contribution in [2.24, 2.45) is 0 Å². The summed E-state index contributed by atoms with van der Waals surface area (Å²) in [6, 6.07) is 8.89. The Morgan fingerprint density at radius 3 is 2.41 bits per heavy atom. The maximum atomic E-state index is 13.1. The average molecular weight is 399 g/mol. The van der Waals surface area contributed by atoms with Crippen molar-refractivity contribution in [3.8, 4) is 17.2 Å². The summed E-state index contributed by atoms with van der Waals surface area (Å²) in [5.74, 6) is 0.876. The van der Waals surface area contributed by atoms with Crippen molar-refractivity contribution in [1.29, 1.82) is 0 Å². The lowest BCUT2D eigenvalue weighted by atomic mass is 9.82. The third-order valence-electron chi connectivity index (χ3n) is 5.64. The van der Waals surface area contributed by atoms with E-state index in [9.17, 15) is 14.0 Å². The van der Waals surface area contributed by atoms with Crippen LogP contribution in [0.15, 0.2) is 36.4 Å². The number of carbonyl (C=O) groups excluding carboxylic acids is 2. The number of ketones is 1. The van der Waals surface area contributed by atoms with Crippen LogP contribution in [0.4, 0.5) is 4.39 Å². The van der Waals surface area contributed by atoms with Crippen LogP contribution in [0.2, 0.25) is 0 Å². The van der Waals surface area contributed by atoms with E-state index in [2.05, 4.69) is 0 Å². The van der Waals surface area contributed by atoms with Crippen LogP contribution in [-0.2, 0) is 0 Å². The summed E-state index contributed by atoms with van der Waals surface area (Å²) in [7, 11) is 3.05. The lowest BCUT2D eigenvalue weighted by Crippen LogP contribution is -2.52. The number of methoxy groups -OCH3 is 2. The van der Waals surface area contributed by atoms with E-state index in [0.717, 1.165) is 0 Å². The fraction of sp³-hybridized carbons (Fsp3) is 0.364. The van der Waals surface area contributed by atoms with E-state index in [-0.39, 0.29) is 23.9 Å². The summed E-state index contributed by atoms with van der Waals surface area (Å²) < 4.78 is 30.0. The van der Waals surface area contributed by atoms with Gasteiger partial charge in [-0.05, 0) is 24.3 Å². The Morgan fingerprint density at radius 2 is 1.79 bits per heavy atom. The number of hydrogen-bond acceptors (Lipinski definition) is 5. The molecule has 0 unspecified atom stereocenters. The topological polar surface area (TPSA) is 65.1 Å². The number of piperidine rings is 1. The van der Waals surface area contributed by atoms with Crippen LogP contribution >= 0.6 is 0 Å². The highest BCUT2D eigenvalue weighted by atomic mass is 19.1. The number of Topliss-reactive ketones (excluding diaryl/α,β-unsaturated/α-hetero) is 1. The van der Waals surface area contributed by atoms with Crippen LogP contribution < -0.4 is 14.2 Å². The molecule has 1 amide bonds. The quantitative estimate of drug-likeness (QED) is 0.791. The molecule has 2 aliphatic heterocycles. The van der Waals surface area contributed by atoms with E-state index >= 15 is 0 Å². The Hall–Kier alpha value is -3.09. The standard InChI is InChI=1S/C22H22FNO5/c1-27-16-11-18(28-2)20-17(25)13-22(29-19(20)12-16)7-9-24(10-8-22)21(26)14-3-5-15(23)6-4-14/h3-6,11-12H,7-10,13H2,1-2H3. The zero-order valence-corrected chi connectivity index (χ0v) is 16.4. The van der Waals surface area contributed by atoms with Crippen LogP contribution in [0.3, 0.4) is 0 Å².